The van der Waals surface area contributed by atoms with Crippen LogP contribution in [0.15, 0.2) is 84.2 Å². The van der Waals surface area contributed by atoms with E-state index in [1.807, 2.05) is 37.2 Å². The zero-order valence-corrected chi connectivity index (χ0v) is 32.3. The molecule has 1 unspecified atom stereocenters. The largest absolute Gasteiger partial charge is 0.453 e. The molecular weight excluding hydrogens is 714 g/mol. The highest BCUT2D eigenvalue weighted by molar-refractivity contribution is 6.29. The number of H-pyrrole nitrogens is 1. The zero-order chi connectivity index (χ0) is 38.5. The number of carbonyl (C=O) groups excluding carboxylic acids is 3. The van der Waals surface area contributed by atoms with Crippen molar-refractivity contribution >= 4 is 40.8 Å². The van der Waals surface area contributed by atoms with Crippen molar-refractivity contribution in [2.24, 2.45) is 16.8 Å². The maximum absolute atomic E-state index is 13.6. The fourth-order valence-electron chi connectivity index (χ4n) is 8.08. The summed E-state index contributed by atoms with van der Waals surface area (Å²) in [5, 5.41) is 6.25. The molecule has 7 rings (SSSR count). The van der Waals surface area contributed by atoms with Crippen LogP contribution in [0.25, 0.3) is 28.0 Å². The van der Waals surface area contributed by atoms with E-state index in [0.29, 0.717) is 24.7 Å². The molecular formula is C43H48ClN7O4. The molecule has 12 heteroatoms. The van der Waals surface area contributed by atoms with Gasteiger partial charge in [-0.1, -0.05) is 92.9 Å². The lowest BCUT2D eigenvalue weighted by molar-refractivity contribution is -0.134. The number of aromatic nitrogens is 3. The summed E-state index contributed by atoms with van der Waals surface area (Å²) in [5.74, 6) is 0.628. The maximum Gasteiger partial charge on any atom is 0.407 e. The van der Waals surface area contributed by atoms with Crippen molar-refractivity contribution in [1.82, 2.24) is 30.5 Å². The number of nitrogens with one attached hydrogen (secondary N) is 3. The van der Waals surface area contributed by atoms with Crippen LogP contribution in [-0.4, -0.2) is 69.2 Å². The molecule has 11 nitrogen and oxygen atoms in total. The molecule has 1 saturated heterocycles. The fraction of sp³-hybridized carbons (Fsp3) is 0.395. The first-order valence-corrected chi connectivity index (χ1v) is 19.6. The average molecular weight is 762 g/mol. The molecule has 2 fully saturated rings. The van der Waals surface area contributed by atoms with Gasteiger partial charge < -0.3 is 25.3 Å². The quantitative estimate of drug-likeness (QED) is 0.133. The minimum absolute atomic E-state index is 0.0345. The topological polar surface area (TPSA) is 142 Å². The van der Waals surface area contributed by atoms with Gasteiger partial charge in [0.15, 0.2) is 0 Å². The van der Waals surface area contributed by atoms with Gasteiger partial charge in [-0.25, -0.2) is 14.8 Å². The van der Waals surface area contributed by atoms with Crippen molar-refractivity contribution in [1.29, 1.82) is 0 Å². The number of alkyl carbamates (subject to hydrolysis) is 1. The summed E-state index contributed by atoms with van der Waals surface area (Å²) in [6.45, 7) is 4.90. The predicted molar refractivity (Wildman–Crippen MR) is 214 cm³/mol. The van der Waals surface area contributed by atoms with Crippen LogP contribution in [0.4, 0.5) is 4.79 Å². The third-order valence-corrected chi connectivity index (χ3v) is 11.4. The first-order chi connectivity index (χ1) is 26.7. The Morgan fingerprint density at radius 1 is 0.891 bits per heavy atom. The van der Waals surface area contributed by atoms with E-state index in [9.17, 15) is 14.4 Å². The molecule has 4 aromatic rings. The highest BCUT2D eigenvalue weighted by Crippen LogP contribution is 2.38. The van der Waals surface area contributed by atoms with Gasteiger partial charge in [0.25, 0.3) is 0 Å². The third kappa shape index (κ3) is 8.67. The number of carbonyl (C=O) groups is 3. The number of amides is 3. The molecule has 3 amide bonds. The van der Waals surface area contributed by atoms with Gasteiger partial charge in [-0.3, -0.25) is 14.6 Å². The molecule has 55 heavy (non-hydrogen) atoms. The summed E-state index contributed by atoms with van der Waals surface area (Å²) in [5.41, 5.74) is 8.29. The minimum atomic E-state index is -0.652. The molecule has 3 aliphatic rings. The third-order valence-electron chi connectivity index (χ3n) is 11.2. The molecule has 3 N–H and O–H groups in total. The molecule has 2 aliphatic heterocycles. The number of aromatic amines is 1. The van der Waals surface area contributed by atoms with Crippen LogP contribution in [0, 0.1) is 11.8 Å². The van der Waals surface area contributed by atoms with Gasteiger partial charge in [0, 0.05) is 49.5 Å². The molecule has 1 saturated carbocycles. The molecule has 0 bridgehead atoms. The second-order valence-corrected chi connectivity index (χ2v) is 15.4. The Labute approximate surface area is 327 Å². The Balaban J connectivity index is 0.955. The van der Waals surface area contributed by atoms with Crippen LogP contribution >= 0.6 is 11.6 Å². The number of likely N-dealkylation sites (tertiary alicyclic amines) is 1. The molecule has 4 atom stereocenters. The average Bonchev–Trinajstić information content (AvgIpc) is 4.01. The lowest BCUT2D eigenvalue weighted by atomic mass is 9.78. The number of pyridine rings is 1. The normalized spacial score (nSPS) is 20.2. The Bertz CT molecular complexity index is 2060. The van der Waals surface area contributed by atoms with Crippen molar-refractivity contribution in [3.05, 3.63) is 101 Å². The van der Waals surface area contributed by atoms with Crippen LogP contribution in [0.5, 0.6) is 0 Å². The number of nitrogens with zero attached hydrogens (tertiary/aromatic N) is 4. The van der Waals surface area contributed by atoms with Gasteiger partial charge in [0.05, 0.1) is 25.0 Å². The van der Waals surface area contributed by atoms with E-state index in [1.54, 1.807) is 12.3 Å². The Morgan fingerprint density at radius 3 is 2.29 bits per heavy atom. The Kier molecular flexibility index (Phi) is 11.8. The number of rotatable bonds is 11. The van der Waals surface area contributed by atoms with E-state index in [2.05, 4.69) is 69.1 Å². The van der Waals surface area contributed by atoms with Gasteiger partial charge in [-0.2, -0.15) is 0 Å². The monoisotopic (exact) mass is 761 g/mol. The number of halogens is 1. The van der Waals surface area contributed by atoms with E-state index in [0.717, 1.165) is 89.1 Å². The first-order valence-electron chi connectivity index (χ1n) is 19.2. The summed E-state index contributed by atoms with van der Waals surface area (Å²) in [6.07, 6.45) is 11.2. The van der Waals surface area contributed by atoms with Crippen molar-refractivity contribution in [3.63, 3.8) is 0 Å². The van der Waals surface area contributed by atoms with Gasteiger partial charge >= 0.3 is 6.09 Å². The zero-order valence-electron chi connectivity index (χ0n) is 31.6. The number of allylic oxidation sites excluding steroid dienone is 1. The molecule has 0 radical (unpaired) electrons. The van der Waals surface area contributed by atoms with Crippen molar-refractivity contribution in [2.45, 2.75) is 83.3 Å². The summed E-state index contributed by atoms with van der Waals surface area (Å²) >= 11 is 5.91. The second kappa shape index (κ2) is 17.0. The second-order valence-electron chi connectivity index (χ2n) is 15.0. The fourth-order valence-corrected chi connectivity index (χ4v) is 8.19. The van der Waals surface area contributed by atoms with E-state index in [1.165, 1.54) is 7.11 Å². The van der Waals surface area contributed by atoms with Gasteiger partial charge in [-0.05, 0) is 71.1 Å². The number of ether oxygens (including phenoxy) is 1. The van der Waals surface area contributed by atoms with Crippen LogP contribution in [0.3, 0.4) is 0 Å². The predicted octanol–water partition coefficient (Wildman–Crippen LogP) is 7.94. The Hall–Kier alpha value is -5.29. The summed E-state index contributed by atoms with van der Waals surface area (Å²) in [7, 11) is 1.30. The number of aliphatic imine (C=N–C) groups is 1. The lowest BCUT2D eigenvalue weighted by Crippen LogP contribution is -2.53. The smallest absolute Gasteiger partial charge is 0.407 e. The SMILES string of the molecule is COC(=O)N[C@H](C(=O)N1CCC[C@H]1C1=NC=C(c2ccc(-c3ccc(-c4cnc(C5CCCC[C@@H]5C(=O)NCc5ccc(Cl)nc5)[nH]4)cc3)cc2)C1)C(C)C. The standard InChI is InChI=1S/C43H48ClN7O4/c1-26(2)39(50-43(54)55-3)42(53)51-20-6-9-37(51)35-21-32(24-45-35)30-13-11-28(12-14-30)29-15-17-31(18-16-29)36-25-47-40(49-36)33-7-4-5-8-34(33)41(52)48-23-27-10-19-38(44)46-22-27/h10-19,22,24-26,33-34,37,39H,4-9,20-21,23H2,1-3H3,(H,47,49)(H,48,52)(H,50,54)/t33?,34-,37-,39-/m0/s1. The molecule has 1 aliphatic carbocycles. The van der Waals surface area contributed by atoms with Crippen molar-refractivity contribution < 1.29 is 19.1 Å². The van der Waals surface area contributed by atoms with Gasteiger partial charge in [0.2, 0.25) is 11.8 Å². The van der Waals surface area contributed by atoms with E-state index < -0.39 is 12.1 Å². The summed E-state index contributed by atoms with van der Waals surface area (Å²) < 4.78 is 4.77. The van der Waals surface area contributed by atoms with Crippen LogP contribution in [0.2, 0.25) is 5.15 Å². The van der Waals surface area contributed by atoms with Crippen molar-refractivity contribution in [2.75, 3.05) is 13.7 Å². The van der Waals surface area contributed by atoms with E-state index in [4.69, 9.17) is 26.3 Å². The van der Waals surface area contributed by atoms with E-state index in [-0.39, 0.29) is 35.6 Å². The number of hydrogen-bond acceptors (Lipinski definition) is 7. The van der Waals surface area contributed by atoms with Crippen LogP contribution < -0.4 is 10.6 Å². The number of methoxy groups -OCH3 is 1. The highest BCUT2D eigenvalue weighted by Gasteiger charge is 2.38. The van der Waals surface area contributed by atoms with E-state index >= 15 is 0 Å². The lowest BCUT2D eigenvalue weighted by Gasteiger charge is -2.31. The van der Waals surface area contributed by atoms with Crippen LogP contribution in [0.1, 0.15) is 81.7 Å². The molecule has 0 spiro atoms. The number of benzene rings is 2. The van der Waals surface area contributed by atoms with Crippen molar-refractivity contribution in [3.8, 4) is 22.4 Å². The Morgan fingerprint density at radius 2 is 1.60 bits per heavy atom. The number of imidazole rings is 1. The van der Waals surface area contributed by atoms with Gasteiger partial charge in [0.1, 0.15) is 17.0 Å². The number of hydrogen-bond donors (Lipinski definition) is 3. The first kappa shape index (κ1) is 38.0. The molecule has 4 heterocycles. The molecule has 2 aromatic heterocycles. The molecule has 2 aromatic carbocycles. The van der Waals surface area contributed by atoms with Gasteiger partial charge in [-0.15, -0.1) is 0 Å². The molecule has 286 valence electrons. The minimum Gasteiger partial charge on any atom is -0.453 e. The summed E-state index contributed by atoms with van der Waals surface area (Å²) in [4.78, 5) is 57.9. The highest BCUT2D eigenvalue weighted by atomic mass is 35.5. The maximum atomic E-state index is 13.6. The van der Waals surface area contributed by atoms with Crippen LogP contribution in [-0.2, 0) is 20.9 Å². The summed E-state index contributed by atoms with van der Waals surface area (Å²) in [6, 6.07) is 19.8.